The van der Waals surface area contributed by atoms with Gasteiger partial charge in [0.05, 0.1) is 6.26 Å². The summed E-state index contributed by atoms with van der Waals surface area (Å²) in [4.78, 5) is 15.8. The highest BCUT2D eigenvalue weighted by atomic mass is 32.2. The number of amides is 1. The van der Waals surface area contributed by atoms with Crippen molar-refractivity contribution in [2.75, 3.05) is 5.32 Å². The SMILES string of the molecule is O=C(Nc1ccc(SCc2ccncc2)nn1)c1ccco1. The van der Waals surface area contributed by atoms with Gasteiger partial charge in [-0.2, -0.15) is 0 Å². The van der Waals surface area contributed by atoms with Crippen LogP contribution in [-0.4, -0.2) is 21.1 Å². The van der Waals surface area contributed by atoms with Gasteiger partial charge in [0.15, 0.2) is 11.6 Å². The summed E-state index contributed by atoms with van der Waals surface area (Å²) in [5, 5.41) is 11.5. The fourth-order valence-electron chi connectivity index (χ4n) is 1.69. The van der Waals surface area contributed by atoms with Crippen molar-refractivity contribution in [3.05, 3.63) is 66.4 Å². The zero-order valence-corrected chi connectivity index (χ0v) is 12.3. The molecule has 110 valence electrons. The molecule has 1 N–H and O–H groups in total. The first-order chi connectivity index (χ1) is 10.8. The van der Waals surface area contributed by atoms with Crippen LogP contribution in [0.15, 0.2) is 64.5 Å². The van der Waals surface area contributed by atoms with Crippen molar-refractivity contribution in [1.29, 1.82) is 0 Å². The molecule has 0 radical (unpaired) electrons. The predicted molar refractivity (Wildman–Crippen MR) is 82.5 cm³/mol. The fourth-order valence-corrected chi connectivity index (χ4v) is 2.46. The van der Waals surface area contributed by atoms with Crippen LogP contribution < -0.4 is 5.32 Å². The maximum atomic E-state index is 11.8. The Kier molecular flexibility index (Phi) is 4.45. The Morgan fingerprint density at radius 2 is 2.00 bits per heavy atom. The van der Waals surface area contributed by atoms with Crippen molar-refractivity contribution >= 4 is 23.5 Å². The summed E-state index contributed by atoms with van der Waals surface area (Å²) in [7, 11) is 0. The second kappa shape index (κ2) is 6.86. The number of nitrogens with zero attached hydrogens (tertiary/aromatic N) is 3. The van der Waals surface area contributed by atoms with Crippen molar-refractivity contribution in [3.63, 3.8) is 0 Å². The number of thioether (sulfide) groups is 1. The highest BCUT2D eigenvalue weighted by Crippen LogP contribution is 2.20. The summed E-state index contributed by atoms with van der Waals surface area (Å²) in [6, 6.07) is 10.7. The van der Waals surface area contributed by atoms with Crippen LogP contribution in [0.3, 0.4) is 0 Å². The van der Waals surface area contributed by atoms with Gasteiger partial charge in [-0.3, -0.25) is 9.78 Å². The molecule has 0 atom stereocenters. The van der Waals surface area contributed by atoms with Crippen LogP contribution in [-0.2, 0) is 5.75 Å². The number of anilines is 1. The zero-order chi connectivity index (χ0) is 15.2. The van der Waals surface area contributed by atoms with E-state index in [4.69, 9.17) is 4.42 Å². The minimum atomic E-state index is -0.350. The maximum Gasteiger partial charge on any atom is 0.292 e. The van der Waals surface area contributed by atoms with Gasteiger partial charge in [-0.15, -0.1) is 10.2 Å². The van der Waals surface area contributed by atoms with Gasteiger partial charge >= 0.3 is 0 Å². The van der Waals surface area contributed by atoms with Crippen LogP contribution in [0, 0.1) is 0 Å². The molecular weight excluding hydrogens is 300 g/mol. The zero-order valence-electron chi connectivity index (χ0n) is 11.5. The Morgan fingerprint density at radius 3 is 2.68 bits per heavy atom. The Morgan fingerprint density at radius 1 is 1.14 bits per heavy atom. The lowest BCUT2D eigenvalue weighted by molar-refractivity contribution is 0.0996. The highest BCUT2D eigenvalue weighted by Gasteiger charge is 2.09. The molecule has 3 rings (SSSR count). The minimum Gasteiger partial charge on any atom is -0.459 e. The molecule has 3 aromatic heterocycles. The smallest absolute Gasteiger partial charge is 0.292 e. The molecule has 6 nitrogen and oxygen atoms in total. The van der Waals surface area contributed by atoms with Crippen LogP contribution in [0.25, 0.3) is 0 Å². The van der Waals surface area contributed by atoms with Gasteiger partial charge in [0, 0.05) is 18.1 Å². The molecule has 0 fully saturated rings. The second-order valence-electron chi connectivity index (χ2n) is 4.33. The molecule has 0 aromatic carbocycles. The van der Waals surface area contributed by atoms with Crippen molar-refractivity contribution < 1.29 is 9.21 Å². The van der Waals surface area contributed by atoms with E-state index in [9.17, 15) is 4.79 Å². The summed E-state index contributed by atoms with van der Waals surface area (Å²) < 4.78 is 5.01. The number of hydrogen-bond acceptors (Lipinski definition) is 6. The van der Waals surface area contributed by atoms with E-state index in [-0.39, 0.29) is 11.7 Å². The number of pyridine rings is 1. The quantitative estimate of drug-likeness (QED) is 0.729. The van der Waals surface area contributed by atoms with E-state index in [1.807, 2.05) is 18.2 Å². The topological polar surface area (TPSA) is 80.9 Å². The predicted octanol–water partition coefficient (Wildman–Crippen LogP) is 3.01. The third-order valence-corrected chi connectivity index (χ3v) is 3.75. The number of rotatable bonds is 5. The van der Waals surface area contributed by atoms with E-state index in [0.29, 0.717) is 5.82 Å². The van der Waals surface area contributed by atoms with Crippen molar-refractivity contribution in [3.8, 4) is 0 Å². The van der Waals surface area contributed by atoms with Crippen LogP contribution in [0.4, 0.5) is 5.82 Å². The van der Waals surface area contributed by atoms with Gasteiger partial charge in [-0.05, 0) is 42.0 Å². The monoisotopic (exact) mass is 312 g/mol. The van der Waals surface area contributed by atoms with E-state index in [1.54, 1.807) is 42.4 Å². The van der Waals surface area contributed by atoms with Gasteiger partial charge in [0.1, 0.15) is 5.03 Å². The Hall–Kier alpha value is -2.67. The van der Waals surface area contributed by atoms with Gasteiger partial charge in [-0.25, -0.2) is 0 Å². The fraction of sp³-hybridized carbons (Fsp3) is 0.0667. The number of furan rings is 1. The normalized spacial score (nSPS) is 10.4. The summed E-state index contributed by atoms with van der Waals surface area (Å²) >= 11 is 1.57. The molecule has 3 heterocycles. The van der Waals surface area contributed by atoms with Gasteiger partial charge in [0.25, 0.3) is 5.91 Å². The first-order valence-corrected chi connectivity index (χ1v) is 7.50. The molecule has 0 spiro atoms. The molecule has 0 saturated carbocycles. The number of nitrogens with one attached hydrogen (secondary N) is 1. The van der Waals surface area contributed by atoms with E-state index in [1.165, 1.54) is 6.26 Å². The number of aromatic nitrogens is 3. The Bertz CT molecular complexity index is 730. The lowest BCUT2D eigenvalue weighted by atomic mass is 10.3. The number of carbonyl (C=O) groups excluding carboxylic acids is 1. The number of carbonyl (C=O) groups is 1. The molecule has 0 aliphatic rings. The second-order valence-corrected chi connectivity index (χ2v) is 5.33. The molecular formula is C15H12N4O2S. The van der Waals surface area contributed by atoms with E-state index >= 15 is 0 Å². The van der Waals surface area contributed by atoms with E-state index in [0.717, 1.165) is 16.3 Å². The summed E-state index contributed by atoms with van der Waals surface area (Å²) in [5.41, 5.74) is 1.16. The van der Waals surface area contributed by atoms with Crippen LogP contribution in [0.1, 0.15) is 16.1 Å². The van der Waals surface area contributed by atoms with Gasteiger partial charge < -0.3 is 9.73 Å². The summed E-state index contributed by atoms with van der Waals surface area (Å²) in [6.07, 6.45) is 4.96. The summed E-state index contributed by atoms with van der Waals surface area (Å²) in [5.74, 6) is 1.05. The molecule has 0 aliphatic heterocycles. The number of hydrogen-bond donors (Lipinski definition) is 1. The van der Waals surface area contributed by atoms with Crippen LogP contribution in [0.2, 0.25) is 0 Å². The molecule has 1 amide bonds. The van der Waals surface area contributed by atoms with Crippen molar-refractivity contribution in [1.82, 2.24) is 15.2 Å². The van der Waals surface area contributed by atoms with Crippen LogP contribution in [0.5, 0.6) is 0 Å². The van der Waals surface area contributed by atoms with Gasteiger partial charge in [0.2, 0.25) is 0 Å². The first-order valence-electron chi connectivity index (χ1n) is 6.51. The molecule has 0 unspecified atom stereocenters. The summed E-state index contributed by atoms with van der Waals surface area (Å²) in [6.45, 7) is 0. The Balaban J connectivity index is 1.57. The van der Waals surface area contributed by atoms with Gasteiger partial charge in [-0.1, -0.05) is 11.8 Å². The first kappa shape index (κ1) is 14.3. The Labute approximate surface area is 131 Å². The van der Waals surface area contributed by atoms with Crippen molar-refractivity contribution in [2.45, 2.75) is 10.8 Å². The standard InChI is InChI=1S/C15H12N4O2S/c20-15(12-2-1-9-21-12)17-13-3-4-14(19-18-13)22-10-11-5-7-16-8-6-11/h1-9H,10H2,(H,17,18,20). The average Bonchev–Trinajstić information content (AvgIpc) is 3.10. The third kappa shape index (κ3) is 3.70. The molecule has 7 heteroatoms. The van der Waals surface area contributed by atoms with E-state index in [2.05, 4.69) is 20.5 Å². The minimum absolute atomic E-state index is 0.234. The molecule has 0 aliphatic carbocycles. The molecule has 22 heavy (non-hydrogen) atoms. The molecule has 0 bridgehead atoms. The lowest BCUT2D eigenvalue weighted by Crippen LogP contribution is -2.12. The highest BCUT2D eigenvalue weighted by molar-refractivity contribution is 7.98. The maximum absolute atomic E-state index is 11.8. The van der Waals surface area contributed by atoms with Crippen LogP contribution >= 0.6 is 11.8 Å². The third-order valence-electron chi connectivity index (χ3n) is 2.76. The molecule has 3 aromatic rings. The van der Waals surface area contributed by atoms with Crippen molar-refractivity contribution in [2.24, 2.45) is 0 Å². The van der Waals surface area contributed by atoms with E-state index < -0.39 is 0 Å². The molecule has 0 saturated heterocycles. The average molecular weight is 312 g/mol. The lowest BCUT2D eigenvalue weighted by Gasteiger charge is -2.03. The largest absolute Gasteiger partial charge is 0.459 e.